The summed E-state index contributed by atoms with van der Waals surface area (Å²) in [7, 11) is 0. The molecule has 1 aromatic heterocycles. The van der Waals surface area contributed by atoms with Crippen LogP contribution in [0.1, 0.15) is 27.2 Å². The van der Waals surface area contributed by atoms with Gasteiger partial charge in [0.15, 0.2) is 0 Å². The lowest BCUT2D eigenvalue weighted by Crippen LogP contribution is -2.19. The second-order valence-electron chi connectivity index (χ2n) is 5.61. The average Bonchev–Trinajstić information content (AvgIpc) is 2.54. The number of phenolic OH excluding ortho intramolecular Hbond substituents is 1. The summed E-state index contributed by atoms with van der Waals surface area (Å²) in [6.45, 7) is 3.80. The van der Waals surface area contributed by atoms with Crippen LogP contribution >= 0.6 is 0 Å². The fourth-order valence-corrected chi connectivity index (χ4v) is 2.45. The molecule has 0 radical (unpaired) electrons. The lowest BCUT2D eigenvalue weighted by molar-refractivity contribution is 0.0954. The van der Waals surface area contributed by atoms with E-state index < -0.39 is 0 Å². The molecule has 0 aliphatic rings. The number of hydrazone groups is 1. The molecule has 3 rings (SSSR count). The topological polar surface area (TPSA) is 74.6 Å². The van der Waals surface area contributed by atoms with Crippen molar-refractivity contribution in [3.63, 3.8) is 0 Å². The van der Waals surface area contributed by atoms with E-state index in [1.165, 1.54) is 6.21 Å². The zero-order chi connectivity index (χ0) is 17.1. The first kappa shape index (κ1) is 15.7. The van der Waals surface area contributed by atoms with Gasteiger partial charge < -0.3 is 5.11 Å². The van der Waals surface area contributed by atoms with E-state index in [9.17, 15) is 9.90 Å². The standard InChI is InChI=1S/C19H17N3O2/c1-12-6-7-18-15(8-12)10-17(13(2)21-18)19(24)22-20-11-14-4-3-5-16(23)9-14/h3-11,23H,1-2H3,(H,22,24)/b20-11-. The monoisotopic (exact) mass is 319 g/mol. The molecule has 0 saturated heterocycles. The average molecular weight is 319 g/mol. The quantitative estimate of drug-likeness (QED) is 0.574. The largest absolute Gasteiger partial charge is 0.508 e. The maximum atomic E-state index is 12.3. The van der Waals surface area contributed by atoms with E-state index in [0.29, 0.717) is 16.8 Å². The molecular weight excluding hydrogens is 302 g/mol. The van der Waals surface area contributed by atoms with Crippen molar-refractivity contribution in [2.45, 2.75) is 13.8 Å². The summed E-state index contributed by atoms with van der Waals surface area (Å²) < 4.78 is 0. The number of hydrogen-bond acceptors (Lipinski definition) is 4. The number of nitrogens with zero attached hydrogens (tertiary/aromatic N) is 2. The third-order valence-corrected chi connectivity index (χ3v) is 3.66. The Morgan fingerprint density at radius 1 is 1.17 bits per heavy atom. The Balaban J connectivity index is 1.82. The third kappa shape index (κ3) is 3.41. The van der Waals surface area contributed by atoms with Crippen LogP contribution in [0, 0.1) is 13.8 Å². The fraction of sp³-hybridized carbons (Fsp3) is 0.105. The van der Waals surface area contributed by atoms with Gasteiger partial charge in [0.1, 0.15) is 5.75 Å². The van der Waals surface area contributed by atoms with Crippen LogP contribution < -0.4 is 5.43 Å². The van der Waals surface area contributed by atoms with E-state index in [0.717, 1.165) is 16.5 Å². The second-order valence-corrected chi connectivity index (χ2v) is 5.61. The highest BCUT2D eigenvalue weighted by Crippen LogP contribution is 2.18. The number of hydrogen-bond donors (Lipinski definition) is 2. The molecule has 0 bridgehead atoms. The van der Waals surface area contributed by atoms with Gasteiger partial charge in [-0.25, -0.2) is 5.43 Å². The van der Waals surface area contributed by atoms with E-state index in [4.69, 9.17) is 0 Å². The number of benzene rings is 2. The minimum absolute atomic E-state index is 0.148. The first-order valence-electron chi connectivity index (χ1n) is 7.53. The van der Waals surface area contributed by atoms with E-state index >= 15 is 0 Å². The molecule has 1 heterocycles. The van der Waals surface area contributed by atoms with Crippen molar-refractivity contribution >= 4 is 23.0 Å². The highest BCUT2D eigenvalue weighted by Gasteiger charge is 2.11. The summed E-state index contributed by atoms with van der Waals surface area (Å²) in [5, 5.41) is 14.3. The Labute approximate surface area is 139 Å². The highest BCUT2D eigenvalue weighted by atomic mass is 16.3. The van der Waals surface area contributed by atoms with Gasteiger partial charge >= 0.3 is 0 Å². The lowest BCUT2D eigenvalue weighted by Gasteiger charge is -2.07. The Morgan fingerprint density at radius 3 is 2.79 bits per heavy atom. The van der Waals surface area contributed by atoms with Crippen LogP contribution in [-0.4, -0.2) is 22.2 Å². The van der Waals surface area contributed by atoms with Gasteiger partial charge in [0, 0.05) is 5.39 Å². The van der Waals surface area contributed by atoms with Crippen molar-refractivity contribution in [1.29, 1.82) is 0 Å². The van der Waals surface area contributed by atoms with Crippen LogP contribution in [-0.2, 0) is 0 Å². The first-order valence-corrected chi connectivity index (χ1v) is 7.53. The Morgan fingerprint density at radius 2 is 2.00 bits per heavy atom. The van der Waals surface area contributed by atoms with Gasteiger partial charge in [0.25, 0.3) is 5.91 Å². The number of fused-ring (bicyclic) bond motifs is 1. The molecular formula is C19H17N3O2. The number of phenols is 1. The van der Waals surface area contributed by atoms with E-state index in [1.54, 1.807) is 31.2 Å². The number of amides is 1. The summed E-state index contributed by atoms with van der Waals surface area (Å²) >= 11 is 0. The van der Waals surface area contributed by atoms with Crippen LogP contribution in [0.2, 0.25) is 0 Å². The number of carbonyl (C=O) groups excluding carboxylic acids is 1. The van der Waals surface area contributed by atoms with E-state index in [-0.39, 0.29) is 11.7 Å². The fourth-order valence-electron chi connectivity index (χ4n) is 2.45. The van der Waals surface area contributed by atoms with Gasteiger partial charge in [0.05, 0.1) is 23.0 Å². The summed E-state index contributed by atoms with van der Waals surface area (Å²) in [6.07, 6.45) is 1.48. The Kier molecular flexibility index (Phi) is 4.24. The molecule has 2 N–H and O–H groups in total. The van der Waals surface area contributed by atoms with Crippen molar-refractivity contribution in [2.75, 3.05) is 0 Å². The van der Waals surface area contributed by atoms with Crippen LogP contribution in [0.5, 0.6) is 5.75 Å². The predicted molar refractivity (Wildman–Crippen MR) is 94.4 cm³/mol. The number of pyridine rings is 1. The molecule has 5 nitrogen and oxygen atoms in total. The predicted octanol–water partition coefficient (Wildman–Crippen LogP) is 3.32. The number of nitrogens with one attached hydrogen (secondary N) is 1. The lowest BCUT2D eigenvalue weighted by atomic mass is 10.1. The zero-order valence-corrected chi connectivity index (χ0v) is 13.4. The molecule has 0 fully saturated rings. The molecule has 0 aliphatic carbocycles. The maximum Gasteiger partial charge on any atom is 0.273 e. The van der Waals surface area contributed by atoms with Gasteiger partial charge in [-0.2, -0.15) is 5.10 Å². The van der Waals surface area contributed by atoms with Gasteiger partial charge in [-0.05, 0) is 49.7 Å². The molecule has 1 amide bonds. The number of carbonyl (C=O) groups is 1. The number of aromatic hydroxyl groups is 1. The molecule has 0 unspecified atom stereocenters. The number of aromatic nitrogens is 1. The van der Waals surface area contributed by atoms with Crippen LogP contribution in [0.3, 0.4) is 0 Å². The van der Waals surface area contributed by atoms with Crippen LogP contribution in [0.25, 0.3) is 10.9 Å². The highest BCUT2D eigenvalue weighted by molar-refractivity contribution is 5.99. The molecule has 120 valence electrons. The van der Waals surface area contributed by atoms with E-state index in [1.807, 2.05) is 31.2 Å². The molecule has 5 heteroatoms. The van der Waals surface area contributed by atoms with Gasteiger partial charge in [-0.1, -0.05) is 23.8 Å². The minimum atomic E-state index is -0.320. The van der Waals surface area contributed by atoms with Crippen molar-refractivity contribution in [3.8, 4) is 5.75 Å². The Bertz CT molecular complexity index is 948. The van der Waals surface area contributed by atoms with Crippen LogP contribution in [0.15, 0.2) is 53.6 Å². The minimum Gasteiger partial charge on any atom is -0.508 e. The normalized spacial score (nSPS) is 11.1. The molecule has 0 aliphatic heterocycles. The molecule has 24 heavy (non-hydrogen) atoms. The van der Waals surface area contributed by atoms with Gasteiger partial charge in [-0.15, -0.1) is 0 Å². The number of aryl methyl sites for hydroxylation is 2. The van der Waals surface area contributed by atoms with Crippen LogP contribution in [0.4, 0.5) is 0 Å². The Hall–Kier alpha value is -3.21. The van der Waals surface area contributed by atoms with Crippen molar-refractivity contribution in [2.24, 2.45) is 5.10 Å². The molecule has 3 aromatic rings. The maximum absolute atomic E-state index is 12.3. The smallest absolute Gasteiger partial charge is 0.273 e. The summed E-state index contributed by atoms with van der Waals surface area (Å²) in [5.74, 6) is -0.171. The molecule has 2 aromatic carbocycles. The zero-order valence-electron chi connectivity index (χ0n) is 13.4. The SMILES string of the molecule is Cc1ccc2nc(C)c(C(=O)N/N=C\c3cccc(O)c3)cc2c1. The van der Waals surface area contributed by atoms with Gasteiger partial charge in [-0.3, -0.25) is 9.78 Å². The van der Waals surface area contributed by atoms with Crippen molar-refractivity contribution < 1.29 is 9.90 Å². The second kappa shape index (κ2) is 6.50. The molecule has 0 saturated carbocycles. The van der Waals surface area contributed by atoms with E-state index in [2.05, 4.69) is 15.5 Å². The third-order valence-electron chi connectivity index (χ3n) is 3.66. The van der Waals surface area contributed by atoms with Crippen molar-refractivity contribution in [3.05, 3.63) is 70.9 Å². The van der Waals surface area contributed by atoms with Crippen molar-refractivity contribution in [1.82, 2.24) is 10.4 Å². The summed E-state index contributed by atoms with van der Waals surface area (Å²) in [6, 6.07) is 14.4. The number of rotatable bonds is 3. The molecule has 0 spiro atoms. The first-order chi connectivity index (χ1) is 11.5. The summed E-state index contributed by atoms with van der Waals surface area (Å²) in [5.41, 5.74) is 6.30. The van der Waals surface area contributed by atoms with Gasteiger partial charge in [0.2, 0.25) is 0 Å². The molecule has 0 atom stereocenters. The summed E-state index contributed by atoms with van der Waals surface area (Å²) in [4.78, 5) is 16.8.